The van der Waals surface area contributed by atoms with Crippen molar-refractivity contribution in [2.75, 3.05) is 31.6 Å². The largest absolute Gasteiger partial charge is 0.380 e. The maximum atomic E-state index is 13.5. The van der Waals surface area contributed by atoms with E-state index in [-0.39, 0.29) is 5.82 Å². The van der Waals surface area contributed by atoms with Gasteiger partial charge in [-0.25, -0.2) is 4.39 Å². The van der Waals surface area contributed by atoms with Crippen LogP contribution in [0.25, 0.3) is 11.3 Å². The Morgan fingerprint density at radius 3 is 2.47 bits per heavy atom. The number of hydrogen-bond donors (Lipinski definition) is 1. The highest BCUT2D eigenvalue weighted by Crippen LogP contribution is 2.51. The minimum Gasteiger partial charge on any atom is -0.380 e. The van der Waals surface area contributed by atoms with E-state index in [1.807, 2.05) is 12.1 Å². The van der Waals surface area contributed by atoms with Gasteiger partial charge < -0.3 is 10.1 Å². The number of nitrogens with one attached hydrogen (secondary N) is 1. The molecule has 6 rings (SSSR count). The lowest BCUT2D eigenvalue weighted by Gasteiger charge is -2.55. The van der Waals surface area contributed by atoms with E-state index < -0.39 is 0 Å². The third-order valence-electron chi connectivity index (χ3n) is 7.67. The molecule has 5 nitrogen and oxygen atoms in total. The third kappa shape index (κ3) is 3.29. The Bertz CT molecular complexity index is 929. The summed E-state index contributed by atoms with van der Waals surface area (Å²) < 4.78 is 18.9. The van der Waals surface area contributed by atoms with Gasteiger partial charge in [-0.3, -0.25) is 4.90 Å². The van der Waals surface area contributed by atoms with Crippen LogP contribution in [0.2, 0.25) is 5.02 Å². The van der Waals surface area contributed by atoms with Crippen LogP contribution in [0.3, 0.4) is 0 Å². The maximum Gasteiger partial charge on any atom is 0.148 e. The van der Waals surface area contributed by atoms with Crippen LogP contribution in [0.15, 0.2) is 30.3 Å². The molecule has 3 heterocycles. The number of nitrogens with zero attached hydrogens (tertiary/aromatic N) is 3. The summed E-state index contributed by atoms with van der Waals surface area (Å²) in [4.78, 5) is 2.74. The summed E-state index contributed by atoms with van der Waals surface area (Å²) in [6.45, 7) is 4.46. The van der Waals surface area contributed by atoms with Gasteiger partial charge in [0.05, 0.1) is 23.9 Å². The van der Waals surface area contributed by atoms with Gasteiger partial charge in [0.15, 0.2) is 0 Å². The van der Waals surface area contributed by atoms with Gasteiger partial charge in [0.25, 0.3) is 0 Å². The van der Waals surface area contributed by atoms with Crippen molar-refractivity contribution in [3.05, 3.63) is 41.2 Å². The number of rotatable bonds is 4. The van der Waals surface area contributed by atoms with Crippen molar-refractivity contribution in [1.82, 2.24) is 15.1 Å². The molecule has 30 heavy (non-hydrogen) atoms. The Labute approximate surface area is 181 Å². The molecule has 0 radical (unpaired) electrons. The van der Waals surface area contributed by atoms with E-state index in [4.69, 9.17) is 16.3 Å². The van der Waals surface area contributed by atoms with Crippen molar-refractivity contribution < 1.29 is 9.13 Å². The van der Waals surface area contributed by atoms with Gasteiger partial charge in [-0.15, -0.1) is 10.2 Å². The lowest BCUT2D eigenvalue weighted by atomic mass is 9.63. The standard InChI is InChI=1S/C23H26ClFN4O/c24-20-2-1-16(25)7-19(20)21-3-4-22(28-27-21)26-17-5-14-10-29(11-15(14)6-17)18-8-23(9-18)12-30-13-23/h1-4,7,14-15,17-18H,5-6,8-13H2,(H,26,28)/t14-,15+,17-. The molecule has 0 amide bonds. The Morgan fingerprint density at radius 2 is 1.83 bits per heavy atom. The number of fused-ring (bicyclic) bond motifs is 1. The molecule has 0 unspecified atom stereocenters. The SMILES string of the molecule is Fc1ccc(Cl)c(-c2ccc(N[C@@H]3C[C@@H]4CN(C5CC6(COC6)C5)C[C@@H]4C3)nn2)c1. The fourth-order valence-corrected chi connectivity index (χ4v) is 6.25. The van der Waals surface area contributed by atoms with Crippen LogP contribution in [0.5, 0.6) is 0 Å². The van der Waals surface area contributed by atoms with E-state index >= 15 is 0 Å². The molecule has 3 atom stereocenters. The van der Waals surface area contributed by atoms with E-state index in [0.717, 1.165) is 36.9 Å². The molecule has 7 heteroatoms. The van der Waals surface area contributed by atoms with Gasteiger partial charge in [0.1, 0.15) is 11.6 Å². The van der Waals surface area contributed by atoms with Crippen molar-refractivity contribution in [1.29, 1.82) is 0 Å². The first-order chi connectivity index (χ1) is 14.6. The molecule has 2 aliphatic heterocycles. The molecule has 4 fully saturated rings. The smallest absolute Gasteiger partial charge is 0.148 e. The summed E-state index contributed by atoms with van der Waals surface area (Å²) in [5.41, 5.74) is 1.70. The van der Waals surface area contributed by atoms with E-state index in [1.165, 1.54) is 50.9 Å². The highest BCUT2D eigenvalue weighted by molar-refractivity contribution is 6.33. The zero-order chi connectivity index (χ0) is 20.3. The summed E-state index contributed by atoms with van der Waals surface area (Å²) in [6.07, 6.45) is 5.07. The normalized spacial score (nSPS) is 30.1. The Balaban J connectivity index is 1.04. The van der Waals surface area contributed by atoms with Crippen molar-refractivity contribution in [2.24, 2.45) is 17.3 Å². The van der Waals surface area contributed by atoms with Gasteiger partial charge in [0.2, 0.25) is 0 Å². The molecule has 4 aliphatic rings. The lowest BCUT2D eigenvalue weighted by Crippen LogP contribution is -2.59. The number of benzene rings is 1. The van der Waals surface area contributed by atoms with Gasteiger partial charge >= 0.3 is 0 Å². The molecule has 1 spiro atoms. The monoisotopic (exact) mass is 428 g/mol. The highest BCUT2D eigenvalue weighted by atomic mass is 35.5. The van der Waals surface area contributed by atoms with Gasteiger partial charge in [-0.2, -0.15) is 0 Å². The number of halogens is 2. The maximum absolute atomic E-state index is 13.5. The minimum absolute atomic E-state index is 0.331. The van der Waals surface area contributed by atoms with Crippen molar-refractivity contribution in [3.63, 3.8) is 0 Å². The Morgan fingerprint density at radius 1 is 1.07 bits per heavy atom. The van der Waals surface area contributed by atoms with Gasteiger partial charge in [-0.1, -0.05) is 11.6 Å². The van der Waals surface area contributed by atoms with Crippen LogP contribution < -0.4 is 5.32 Å². The van der Waals surface area contributed by atoms with Gasteiger partial charge in [-0.05, 0) is 67.9 Å². The summed E-state index contributed by atoms with van der Waals surface area (Å²) in [6, 6.07) is 9.29. The van der Waals surface area contributed by atoms with Gasteiger partial charge in [0, 0.05) is 36.2 Å². The van der Waals surface area contributed by atoms with Crippen LogP contribution in [0.4, 0.5) is 10.2 Å². The number of aromatic nitrogens is 2. The van der Waals surface area contributed by atoms with Crippen molar-refractivity contribution in [3.8, 4) is 11.3 Å². The molecular weight excluding hydrogens is 403 g/mol. The second-order valence-corrected chi connectivity index (χ2v) is 10.2. The average molecular weight is 429 g/mol. The Kier molecular flexibility index (Phi) is 4.52. The first-order valence-electron chi connectivity index (χ1n) is 10.9. The lowest BCUT2D eigenvalue weighted by molar-refractivity contribution is -0.183. The second-order valence-electron chi connectivity index (χ2n) is 9.77. The summed E-state index contributed by atoms with van der Waals surface area (Å²) in [5, 5.41) is 12.6. The van der Waals surface area contributed by atoms with E-state index in [0.29, 0.717) is 27.7 Å². The molecular formula is C23H26ClFN4O. The molecule has 1 aromatic heterocycles. The molecule has 1 aromatic carbocycles. The van der Waals surface area contributed by atoms with Crippen LogP contribution in [-0.2, 0) is 4.74 Å². The molecule has 2 saturated heterocycles. The van der Waals surface area contributed by atoms with Crippen LogP contribution in [0.1, 0.15) is 25.7 Å². The first-order valence-corrected chi connectivity index (χ1v) is 11.3. The zero-order valence-electron chi connectivity index (χ0n) is 16.9. The molecule has 2 saturated carbocycles. The number of ether oxygens (including phenoxy) is 1. The first kappa shape index (κ1) is 19.0. The highest BCUT2D eigenvalue weighted by Gasteiger charge is 2.53. The molecule has 158 valence electrons. The fraction of sp³-hybridized carbons (Fsp3) is 0.565. The third-order valence-corrected chi connectivity index (χ3v) is 8.00. The number of anilines is 1. The van der Waals surface area contributed by atoms with E-state index in [2.05, 4.69) is 20.4 Å². The summed E-state index contributed by atoms with van der Waals surface area (Å²) in [7, 11) is 0. The predicted octanol–water partition coefficient (Wildman–Crippen LogP) is 4.24. The topological polar surface area (TPSA) is 50.3 Å². The Hall–Kier alpha value is -1.76. The predicted molar refractivity (Wildman–Crippen MR) is 114 cm³/mol. The van der Waals surface area contributed by atoms with E-state index in [9.17, 15) is 4.39 Å². The average Bonchev–Trinajstić information content (AvgIpc) is 3.21. The van der Waals surface area contributed by atoms with Crippen LogP contribution >= 0.6 is 11.6 Å². The zero-order valence-corrected chi connectivity index (χ0v) is 17.6. The van der Waals surface area contributed by atoms with Crippen molar-refractivity contribution >= 4 is 17.4 Å². The van der Waals surface area contributed by atoms with Crippen molar-refractivity contribution in [2.45, 2.75) is 37.8 Å². The quantitative estimate of drug-likeness (QED) is 0.789. The molecule has 2 aliphatic carbocycles. The molecule has 1 N–H and O–H groups in total. The summed E-state index contributed by atoms with van der Waals surface area (Å²) >= 11 is 6.18. The van der Waals surface area contributed by atoms with Crippen LogP contribution in [0, 0.1) is 23.1 Å². The van der Waals surface area contributed by atoms with Crippen LogP contribution in [-0.4, -0.2) is 53.5 Å². The summed E-state index contributed by atoms with van der Waals surface area (Å²) in [5.74, 6) is 2.02. The number of hydrogen-bond acceptors (Lipinski definition) is 5. The van der Waals surface area contributed by atoms with E-state index in [1.54, 1.807) is 6.07 Å². The fourth-order valence-electron chi connectivity index (χ4n) is 6.03. The second kappa shape index (κ2) is 7.14. The minimum atomic E-state index is -0.331. The number of likely N-dealkylation sites (tertiary alicyclic amines) is 1. The molecule has 2 aromatic rings. The molecule has 0 bridgehead atoms.